The van der Waals surface area contributed by atoms with Crippen LogP contribution in [-0.2, 0) is 18.8 Å². The van der Waals surface area contributed by atoms with Crippen LogP contribution in [0.4, 0.5) is 0 Å². The molecule has 0 aromatic rings. The molecule has 0 bridgehead atoms. The molecule has 0 saturated heterocycles. The lowest BCUT2D eigenvalue weighted by molar-refractivity contribution is -0.171. The maximum Gasteiger partial charge on any atom is 0.320 e. The lowest BCUT2D eigenvalue weighted by atomic mass is 9.70. The molecule has 2 atom stereocenters. The summed E-state index contributed by atoms with van der Waals surface area (Å²) in [4.78, 5) is 24.1. The number of aldehydes is 1. The molecule has 0 heterocycles. The Kier molecular flexibility index (Phi) is 5.08. The van der Waals surface area contributed by atoms with Crippen molar-refractivity contribution in [2.45, 2.75) is 65.8 Å². The van der Waals surface area contributed by atoms with Crippen molar-refractivity contribution in [3.05, 3.63) is 11.8 Å². The van der Waals surface area contributed by atoms with Crippen molar-refractivity contribution in [3.63, 3.8) is 0 Å². The zero-order valence-electron chi connectivity index (χ0n) is 14.3. The van der Waals surface area contributed by atoms with E-state index in [4.69, 9.17) is 9.16 Å². The summed E-state index contributed by atoms with van der Waals surface area (Å²) in [5.74, 6) is 0.352. The highest BCUT2D eigenvalue weighted by atomic mass is 28.4. The number of hydrogen-bond acceptors (Lipinski definition) is 4. The second kappa shape index (κ2) is 5.95. The van der Waals surface area contributed by atoms with E-state index < -0.39 is 25.3 Å². The van der Waals surface area contributed by atoms with Gasteiger partial charge in [0.2, 0.25) is 8.32 Å². The van der Waals surface area contributed by atoms with Crippen LogP contribution in [0.1, 0.15) is 40.5 Å². The smallest absolute Gasteiger partial charge is 0.320 e. The second-order valence-electron chi connectivity index (χ2n) is 7.85. The fourth-order valence-corrected chi connectivity index (χ4v) is 3.35. The van der Waals surface area contributed by atoms with Gasteiger partial charge in [-0.05, 0) is 58.8 Å². The van der Waals surface area contributed by atoms with Gasteiger partial charge < -0.3 is 14.0 Å². The quantitative estimate of drug-likeness (QED) is 0.344. The molecule has 0 saturated carbocycles. The van der Waals surface area contributed by atoms with Gasteiger partial charge in [0.25, 0.3) is 0 Å². The van der Waals surface area contributed by atoms with Crippen molar-refractivity contribution >= 4 is 20.6 Å². The molecule has 0 spiro atoms. The van der Waals surface area contributed by atoms with Crippen molar-refractivity contribution in [1.82, 2.24) is 0 Å². The Morgan fingerprint density at radius 2 is 1.95 bits per heavy atom. The van der Waals surface area contributed by atoms with E-state index in [1.54, 1.807) is 0 Å². The summed E-state index contributed by atoms with van der Waals surface area (Å²) in [5.41, 5.74) is -1.68. The predicted molar refractivity (Wildman–Crippen MR) is 85.3 cm³/mol. The van der Waals surface area contributed by atoms with E-state index in [1.807, 2.05) is 33.8 Å². The van der Waals surface area contributed by atoms with Gasteiger partial charge in [0.15, 0.2) is 0 Å². The first-order valence-electron chi connectivity index (χ1n) is 7.47. The van der Waals surface area contributed by atoms with Gasteiger partial charge >= 0.3 is 5.97 Å². The molecule has 1 aliphatic carbocycles. The van der Waals surface area contributed by atoms with Gasteiger partial charge in [-0.3, -0.25) is 4.79 Å². The highest BCUT2D eigenvalue weighted by molar-refractivity contribution is 6.70. The number of carbonyl (C=O) groups is 2. The van der Waals surface area contributed by atoms with Gasteiger partial charge in [0.1, 0.15) is 17.3 Å². The van der Waals surface area contributed by atoms with E-state index in [9.17, 15) is 9.59 Å². The zero-order chi connectivity index (χ0) is 16.5. The Morgan fingerprint density at radius 1 is 1.38 bits per heavy atom. The minimum atomic E-state index is -1.67. The van der Waals surface area contributed by atoms with E-state index in [0.717, 1.165) is 12.0 Å². The SMILES string of the molecule is C[C@H]1CC(O[Si](C)(C)C)=CC[C@@]1(C=O)C(=O)OC(C)(C)C. The Bertz CT molecular complexity index is 442. The van der Waals surface area contributed by atoms with E-state index >= 15 is 0 Å². The summed E-state index contributed by atoms with van der Waals surface area (Å²) in [6.45, 7) is 13.7. The molecule has 0 aromatic heterocycles. The van der Waals surface area contributed by atoms with Crippen LogP contribution in [0, 0.1) is 11.3 Å². The van der Waals surface area contributed by atoms with E-state index in [2.05, 4.69) is 19.6 Å². The number of allylic oxidation sites excluding steroid dienone is 2. The number of carbonyl (C=O) groups excluding carboxylic acids is 2. The number of ether oxygens (including phenoxy) is 1. The van der Waals surface area contributed by atoms with Crippen LogP contribution < -0.4 is 0 Å². The van der Waals surface area contributed by atoms with Gasteiger partial charge in [-0.2, -0.15) is 0 Å². The van der Waals surface area contributed by atoms with Crippen LogP contribution in [0.2, 0.25) is 19.6 Å². The van der Waals surface area contributed by atoms with Crippen LogP contribution in [0.15, 0.2) is 11.8 Å². The Morgan fingerprint density at radius 3 is 2.33 bits per heavy atom. The summed E-state index contributed by atoms with van der Waals surface area (Å²) in [6, 6.07) is 0. The van der Waals surface area contributed by atoms with Crippen molar-refractivity contribution in [1.29, 1.82) is 0 Å². The van der Waals surface area contributed by atoms with Crippen LogP contribution >= 0.6 is 0 Å². The molecule has 1 aliphatic rings. The second-order valence-corrected chi connectivity index (χ2v) is 12.3. The first kappa shape index (κ1) is 17.9. The molecule has 0 aromatic carbocycles. The molecule has 120 valence electrons. The Labute approximate surface area is 129 Å². The van der Waals surface area contributed by atoms with Crippen LogP contribution in [-0.4, -0.2) is 26.2 Å². The molecular formula is C16H28O4Si. The Balaban J connectivity index is 2.96. The fourth-order valence-electron chi connectivity index (χ4n) is 2.40. The highest BCUT2D eigenvalue weighted by Crippen LogP contribution is 2.41. The maximum absolute atomic E-state index is 12.5. The lowest BCUT2D eigenvalue weighted by Crippen LogP contribution is -2.45. The predicted octanol–water partition coefficient (Wildman–Crippen LogP) is 3.68. The number of rotatable bonds is 4. The van der Waals surface area contributed by atoms with Crippen LogP contribution in [0.25, 0.3) is 0 Å². The first-order chi connectivity index (χ1) is 9.39. The van der Waals surface area contributed by atoms with Gasteiger partial charge in [0, 0.05) is 6.42 Å². The monoisotopic (exact) mass is 312 g/mol. The summed E-state index contributed by atoms with van der Waals surface area (Å²) >= 11 is 0. The third kappa shape index (κ3) is 4.70. The van der Waals surface area contributed by atoms with Gasteiger partial charge in [-0.1, -0.05) is 6.92 Å². The molecule has 5 heteroatoms. The summed E-state index contributed by atoms with van der Waals surface area (Å²) in [6.07, 6.45) is 3.60. The van der Waals surface area contributed by atoms with Gasteiger partial charge in [-0.15, -0.1) is 0 Å². The molecule has 21 heavy (non-hydrogen) atoms. The highest BCUT2D eigenvalue weighted by Gasteiger charge is 2.48. The van der Waals surface area contributed by atoms with Crippen LogP contribution in [0.5, 0.6) is 0 Å². The molecule has 0 radical (unpaired) electrons. The van der Waals surface area contributed by atoms with Crippen molar-refractivity contribution in [3.8, 4) is 0 Å². The molecule has 0 N–H and O–H groups in total. The molecule has 0 aliphatic heterocycles. The maximum atomic E-state index is 12.5. The molecule has 4 nitrogen and oxygen atoms in total. The zero-order valence-corrected chi connectivity index (χ0v) is 15.3. The summed E-state index contributed by atoms with van der Waals surface area (Å²) in [5, 5.41) is 0. The normalized spacial score (nSPS) is 26.8. The van der Waals surface area contributed by atoms with Crippen LogP contribution in [0.3, 0.4) is 0 Å². The number of esters is 1. The van der Waals surface area contributed by atoms with Crippen molar-refractivity contribution in [2.24, 2.45) is 11.3 Å². The number of hydrogen-bond donors (Lipinski definition) is 0. The topological polar surface area (TPSA) is 52.6 Å². The minimum absolute atomic E-state index is 0.124. The average molecular weight is 312 g/mol. The Hall–Kier alpha value is -1.10. The largest absolute Gasteiger partial charge is 0.548 e. The summed E-state index contributed by atoms with van der Waals surface area (Å²) < 4.78 is 11.4. The summed E-state index contributed by atoms with van der Waals surface area (Å²) in [7, 11) is -1.67. The average Bonchev–Trinajstić information content (AvgIpc) is 2.25. The third-order valence-corrected chi connectivity index (χ3v) is 4.36. The first-order valence-corrected chi connectivity index (χ1v) is 10.9. The van der Waals surface area contributed by atoms with E-state index in [1.165, 1.54) is 0 Å². The fraction of sp³-hybridized carbons (Fsp3) is 0.750. The third-order valence-electron chi connectivity index (χ3n) is 3.48. The van der Waals surface area contributed by atoms with Crippen molar-refractivity contribution in [2.75, 3.05) is 0 Å². The molecule has 0 amide bonds. The van der Waals surface area contributed by atoms with Crippen molar-refractivity contribution < 1.29 is 18.8 Å². The molecule has 0 fully saturated rings. The van der Waals surface area contributed by atoms with Gasteiger partial charge in [0.05, 0.1) is 5.76 Å². The lowest BCUT2D eigenvalue weighted by Gasteiger charge is -2.38. The molecular weight excluding hydrogens is 284 g/mol. The van der Waals surface area contributed by atoms with E-state index in [0.29, 0.717) is 12.8 Å². The van der Waals surface area contributed by atoms with Gasteiger partial charge in [-0.25, -0.2) is 0 Å². The minimum Gasteiger partial charge on any atom is -0.548 e. The molecule has 1 rings (SSSR count). The molecule has 0 unspecified atom stereocenters. The van der Waals surface area contributed by atoms with E-state index in [-0.39, 0.29) is 5.92 Å². The standard InChI is InChI=1S/C16H28O4Si/c1-12-10-13(20-21(5,6)7)8-9-16(12,11-17)14(18)19-15(2,3)4/h8,11-12H,9-10H2,1-7H3/t12-,16-/m0/s1.